The lowest BCUT2D eigenvalue weighted by molar-refractivity contribution is 0.357. The maximum Gasteiger partial charge on any atom is 0.242 e. The number of hydrogen-bond acceptors (Lipinski definition) is 4. The predicted octanol–water partition coefficient (Wildman–Crippen LogP) is 0.760. The maximum atomic E-state index is 12.6. The van der Waals surface area contributed by atoms with Crippen molar-refractivity contribution in [2.75, 3.05) is 40.3 Å². The van der Waals surface area contributed by atoms with Gasteiger partial charge in [0, 0.05) is 20.1 Å². The second-order valence-corrected chi connectivity index (χ2v) is 7.93. The first kappa shape index (κ1) is 16.4. The van der Waals surface area contributed by atoms with Gasteiger partial charge in [-0.25, -0.2) is 12.7 Å². The Morgan fingerprint density at radius 1 is 1.33 bits per heavy atom. The molecule has 6 heteroatoms. The number of benzene rings is 1. The molecule has 1 atom stereocenters. The maximum absolute atomic E-state index is 12.6. The molecule has 21 heavy (non-hydrogen) atoms. The molecule has 0 amide bonds. The van der Waals surface area contributed by atoms with Crippen LogP contribution in [-0.2, 0) is 16.4 Å². The standard InChI is InChI=1S/C15H25N3O2S/c1-17-10-8-14(11-17)12-18(2)21(19,20)15-5-3-13(4-6-15)7-9-16/h3-6,14H,7-12,16H2,1-2H3. The van der Waals surface area contributed by atoms with E-state index in [1.54, 1.807) is 19.2 Å². The number of hydrogen-bond donors (Lipinski definition) is 1. The molecule has 0 saturated carbocycles. The Labute approximate surface area is 127 Å². The number of nitrogens with zero attached hydrogens (tertiary/aromatic N) is 2. The molecular weight excluding hydrogens is 286 g/mol. The van der Waals surface area contributed by atoms with Gasteiger partial charge in [0.2, 0.25) is 10.0 Å². The Kier molecular flexibility index (Phi) is 5.37. The first-order valence-corrected chi connectivity index (χ1v) is 8.81. The zero-order valence-electron chi connectivity index (χ0n) is 12.8. The van der Waals surface area contributed by atoms with Gasteiger partial charge in [-0.15, -0.1) is 0 Å². The number of rotatable bonds is 6. The van der Waals surface area contributed by atoms with Crippen LogP contribution < -0.4 is 5.73 Å². The third-order valence-corrected chi connectivity index (χ3v) is 5.91. The molecule has 0 bridgehead atoms. The fourth-order valence-electron chi connectivity index (χ4n) is 2.81. The number of nitrogens with two attached hydrogens (primary N) is 1. The lowest BCUT2D eigenvalue weighted by Gasteiger charge is -2.21. The molecule has 0 radical (unpaired) electrons. The molecule has 1 aromatic rings. The smallest absolute Gasteiger partial charge is 0.242 e. The fourth-order valence-corrected chi connectivity index (χ4v) is 4.06. The second-order valence-electron chi connectivity index (χ2n) is 5.89. The zero-order valence-corrected chi connectivity index (χ0v) is 13.6. The van der Waals surface area contributed by atoms with Gasteiger partial charge in [-0.1, -0.05) is 12.1 Å². The van der Waals surface area contributed by atoms with E-state index in [0.29, 0.717) is 23.9 Å². The molecule has 1 saturated heterocycles. The molecule has 2 N–H and O–H groups in total. The van der Waals surface area contributed by atoms with E-state index < -0.39 is 10.0 Å². The van der Waals surface area contributed by atoms with Gasteiger partial charge in [0.1, 0.15) is 0 Å². The van der Waals surface area contributed by atoms with Gasteiger partial charge in [0.25, 0.3) is 0 Å². The van der Waals surface area contributed by atoms with E-state index in [2.05, 4.69) is 11.9 Å². The van der Waals surface area contributed by atoms with Crippen LogP contribution in [0.4, 0.5) is 0 Å². The van der Waals surface area contributed by atoms with Crippen LogP contribution in [0, 0.1) is 5.92 Å². The van der Waals surface area contributed by atoms with Crippen LogP contribution in [0.3, 0.4) is 0 Å². The Bertz CT molecular complexity index is 557. The average Bonchev–Trinajstić information content (AvgIpc) is 2.85. The molecule has 1 aliphatic rings. The average molecular weight is 311 g/mol. The Morgan fingerprint density at radius 2 is 2.00 bits per heavy atom. The highest BCUT2D eigenvalue weighted by molar-refractivity contribution is 7.89. The second kappa shape index (κ2) is 6.87. The molecule has 0 aromatic heterocycles. The highest BCUT2D eigenvalue weighted by Gasteiger charge is 2.27. The number of sulfonamides is 1. The normalized spacial score (nSPS) is 20.3. The SMILES string of the molecule is CN1CCC(CN(C)S(=O)(=O)c2ccc(CCN)cc2)C1. The van der Waals surface area contributed by atoms with Crippen LogP contribution >= 0.6 is 0 Å². The van der Waals surface area contributed by atoms with Gasteiger partial charge in [-0.3, -0.25) is 0 Å². The van der Waals surface area contributed by atoms with E-state index in [4.69, 9.17) is 5.73 Å². The molecule has 0 aliphatic carbocycles. The summed E-state index contributed by atoms with van der Waals surface area (Å²) in [5.74, 6) is 0.422. The van der Waals surface area contributed by atoms with E-state index in [0.717, 1.165) is 31.5 Å². The van der Waals surface area contributed by atoms with Crippen molar-refractivity contribution >= 4 is 10.0 Å². The van der Waals surface area contributed by atoms with Gasteiger partial charge in [-0.2, -0.15) is 0 Å². The van der Waals surface area contributed by atoms with Gasteiger partial charge >= 0.3 is 0 Å². The summed E-state index contributed by atoms with van der Waals surface area (Å²) in [5, 5.41) is 0. The highest BCUT2D eigenvalue weighted by atomic mass is 32.2. The van der Waals surface area contributed by atoms with Gasteiger partial charge in [0.15, 0.2) is 0 Å². The summed E-state index contributed by atoms with van der Waals surface area (Å²) in [6, 6.07) is 7.04. The predicted molar refractivity (Wildman–Crippen MR) is 84.6 cm³/mol. The Morgan fingerprint density at radius 3 is 2.52 bits per heavy atom. The summed E-state index contributed by atoms with van der Waals surface area (Å²) in [6.07, 6.45) is 1.83. The lowest BCUT2D eigenvalue weighted by atomic mass is 10.1. The van der Waals surface area contributed by atoms with Crippen molar-refractivity contribution in [3.63, 3.8) is 0 Å². The minimum absolute atomic E-state index is 0.358. The quantitative estimate of drug-likeness (QED) is 0.842. The summed E-state index contributed by atoms with van der Waals surface area (Å²) < 4.78 is 26.6. The largest absolute Gasteiger partial charge is 0.330 e. The first-order chi connectivity index (χ1) is 9.93. The zero-order chi connectivity index (χ0) is 15.5. The van der Waals surface area contributed by atoms with Crippen molar-refractivity contribution in [2.45, 2.75) is 17.7 Å². The van der Waals surface area contributed by atoms with Crippen LogP contribution in [0.5, 0.6) is 0 Å². The molecule has 1 heterocycles. The highest BCUT2D eigenvalue weighted by Crippen LogP contribution is 2.20. The molecule has 1 aromatic carbocycles. The van der Waals surface area contributed by atoms with Crippen molar-refractivity contribution < 1.29 is 8.42 Å². The van der Waals surface area contributed by atoms with Gasteiger partial charge in [0.05, 0.1) is 4.90 Å². The van der Waals surface area contributed by atoms with Crippen molar-refractivity contribution in [3.8, 4) is 0 Å². The van der Waals surface area contributed by atoms with Crippen LogP contribution in [0.1, 0.15) is 12.0 Å². The minimum Gasteiger partial charge on any atom is -0.330 e. The van der Waals surface area contributed by atoms with Gasteiger partial charge in [-0.05, 0) is 56.6 Å². The van der Waals surface area contributed by atoms with E-state index in [1.165, 1.54) is 4.31 Å². The third kappa shape index (κ3) is 4.03. The summed E-state index contributed by atoms with van der Waals surface area (Å²) >= 11 is 0. The molecule has 1 aliphatic heterocycles. The monoisotopic (exact) mass is 311 g/mol. The van der Waals surface area contributed by atoms with E-state index >= 15 is 0 Å². The summed E-state index contributed by atoms with van der Waals surface area (Å²) in [6.45, 7) is 3.17. The van der Waals surface area contributed by atoms with Crippen molar-refractivity contribution in [1.29, 1.82) is 0 Å². The van der Waals surface area contributed by atoms with Crippen molar-refractivity contribution in [3.05, 3.63) is 29.8 Å². The molecule has 118 valence electrons. The summed E-state index contributed by atoms with van der Waals surface area (Å²) in [7, 11) is 0.350. The third-order valence-electron chi connectivity index (χ3n) is 4.07. The van der Waals surface area contributed by atoms with Crippen LogP contribution in [0.2, 0.25) is 0 Å². The Hall–Kier alpha value is -0.950. The molecular formula is C15H25N3O2S. The Balaban J connectivity index is 2.05. The lowest BCUT2D eigenvalue weighted by Crippen LogP contribution is -2.32. The number of likely N-dealkylation sites (tertiary alicyclic amines) is 1. The molecule has 1 fully saturated rings. The van der Waals surface area contributed by atoms with E-state index in [1.807, 2.05) is 12.1 Å². The van der Waals surface area contributed by atoms with Crippen LogP contribution in [-0.4, -0.2) is 57.9 Å². The van der Waals surface area contributed by atoms with Crippen molar-refractivity contribution in [2.24, 2.45) is 11.7 Å². The summed E-state index contributed by atoms with van der Waals surface area (Å²) in [5.41, 5.74) is 6.57. The van der Waals surface area contributed by atoms with E-state index in [-0.39, 0.29) is 0 Å². The van der Waals surface area contributed by atoms with Gasteiger partial charge < -0.3 is 10.6 Å². The topological polar surface area (TPSA) is 66.6 Å². The first-order valence-electron chi connectivity index (χ1n) is 7.37. The van der Waals surface area contributed by atoms with E-state index in [9.17, 15) is 8.42 Å². The summed E-state index contributed by atoms with van der Waals surface area (Å²) in [4.78, 5) is 2.60. The molecule has 0 spiro atoms. The molecule has 2 rings (SSSR count). The van der Waals surface area contributed by atoms with Crippen LogP contribution in [0.15, 0.2) is 29.2 Å². The molecule has 1 unspecified atom stereocenters. The van der Waals surface area contributed by atoms with Crippen LogP contribution in [0.25, 0.3) is 0 Å². The fraction of sp³-hybridized carbons (Fsp3) is 0.600. The van der Waals surface area contributed by atoms with Crippen molar-refractivity contribution in [1.82, 2.24) is 9.21 Å². The minimum atomic E-state index is -3.39. The molecule has 5 nitrogen and oxygen atoms in total.